The molecule has 0 amide bonds. The van der Waals surface area contributed by atoms with Crippen LogP contribution in [-0.2, 0) is 4.74 Å². The Labute approximate surface area is 43.7 Å². The van der Waals surface area contributed by atoms with E-state index >= 15 is 0 Å². The first-order valence-corrected chi connectivity index (χ1v) is 2.99. The lowest BCUT2D eigenvalue weighted by molar-refractivity contribution is -0.133. The summed E-state index contributed by atoms with van der Waals surface area (Å²) in [4.78, 5) is 0. The molecular weight excluding hydrogens is 88.1 g/mol. The number of ether oxygens (including phenoxy) is 1. The van der Waals surface area contributed by atoms with E-state index in [0.29, 0.717) is 11.7 Å². The Morgan fingerprint density at radius 2 is 2.14 bits per heavy atom. The molecular formula is C6H10O. The van der Waals surface area contributed by atoms with Crippen LogP contribution in [0, 0.1) is 0 Å². The lowest BCUT2D eigenvalue weighted by Gasteiger charge is -2.33. The van der Waals surface area contributed by atoms with E-state index in [9.17, 15) is 0 Å². The van der Waals surface area contributed by atoms with Gasteiger partial charge in [0.2, 0.25) is 0 Å². The van der Waals surface area contributed by atoms with E-state index in [-0.39, 0.29) is 0 Å². The predicted molar refractivity (Wildman–Crippen MR) is 27.1 cm³/mol. The van der Waals surface area contributed by atoms with Crippen molar-refractivity contribution in [1.29, 1.82) is 0 Å². The molecule has 1 heteroatoms. The second-order valence-corrected chi connectivity index (χ2v) is 2.82. The fraction of sp³-hybridized carbons (Fsp3) is 1.00. The maximum Gasteiger partial charge on any atom is 0.0712 e. The molecule has 1 nitrogen and oxygen atoms in total. The minimum Gasteiger partial charge on any atom is -0.372 e. The lowest BCUT2D eigenvalue weighted by Crippen LogP contribution is -2.36. The van der Waals surface area contributed by atoms with Crippen LogP contribution in [0.25, 0.3) is 0 Å². The van der Waals surface area contributed by atoms with Crippen molar-refractivity contribution < 1.29 is 4.74 Å². The van der Waals surface area contributed by atoms with Gasteiger partial charge in [-0.25, -0.2) is 0 Å². The van der Waals surface area contributed by atoms with Gasteiger partial charge in [0, 0.05) is 6.42 Å². The Bertz CT molecular complexity index is 86.4. The Morgan fingerprint density at radius 3 is 2.29 bits per heavy atom. The molecule has 0 radical (unpaired) electrons. The van der Waals surface area contributed by atoms with E-state index in [1.165, 1.54) is 19.3 Å². The van der Waals surface area contributed by atoms with E-state index in [0.717, 1.165) is 0 Å². The third-order valence-corrected chi connectivity index (χ3v) is 1.92. The molecule has 1 atom stereocenters. The first kappa shape index (κ1) is 3.90. The van der Waals surface area contributed by atoms with Crippen LogP contribution in [0.15, 0.2) is 0 Å². The van der Waals surface area contributed by atoms with E-state index in [1.54, 1.807) is 0 Å². The van der Waals surface area contributed by atoms with Crippen LogP contribution in [0.2, 0.25) is 0 Å². The average molecular weight is 98.1 g/mol. The van der Waals surface area contributed by atoms with Gasteiger partial charge in [0.25, 0.3) is 0 Å². The standard InChI is InChI=1S/C6H10O/c1-5-4-6(7-5)2-3-6/h5H,2-4H2,1H3. The van der Waals surface area contributed by atoms with Crippen molar-refractivity contribution in [3.8, 4) is 0 Å². The second-order valence-electron chi connectivity index (χ2n) is 2.82. The maximum absolute atomic E-state index is 5.44. The van der Waals surface area contributed by atoms with Crippen molar-refractivity contribution >= 4 is 0 Å². The fourth-order valence-corrected chi connectivity index (χ4v) is 1.40. The third kappa shape index (κ3) is 0.418. The summed E-state index contributed by atoms with van der Waals surface area (Å²) in [5.74, 6) is 0. The Kier molecular flexibility index (Phi) is 0.487. The summed E-state index contributed by atoms with van der Waals surface area (Å²) in [5.41, 5.74) is 0.444. The third-order valence-electron chi connectivity index (χ3n) is 1.92. The zero-order chi connectivity index (χ0) is 4.91. The van der Waals surface area contributed by atoms with Crippen LogP contribution in [0.4, 0.5) is 0 Å². The van der Waals surface area contributed by atoms with Gasteiger partial charge in [-0.1, -0.05) is 0 Å². The van der Waals surface area contributed by atoms with Crippen molar-refractivity contribution in [2.75, 3.05) is 0 Å². The molecule has 0 bridgehead atoms. The SMILES string of the molecule is CC1CC2(CC2)O1. The van der Waals surface area contributed by atoms with Gasteiger partial charge in [0.1, 0.15) is 0 Å². The molecule has 0 N–H and O–H groups in total. The zero-order valence-electron chi connectivity index (χ0n) is 4.61. The molecule has 1 spiro atoms. The molecule has 1 saturated heterocycles. The Morgan fingerprint density at radius 1 is 1.57 bits per heavy atom. The highest BCUT2D eigenvalue weighted by Gasteiger charge is 2.53. The zero-order valence-corrected chi connectivity index (χ0v) is 4.61. The van der Waals surface area contributed by atoms with Gasteiger partial charge in [0.05, 0.1) is 11.7 Å². The molecule has 1 saturated carbocycles. The van der Waals surface area contributed by atoms with Crippen molar-refractivity contribution in [1.82, 2.24) is 0 Å². The Hall–Kier alpha value is -0.0400. The summed E-state index contributed by atoms with van der Waals surface area (Å²) in [6.45, 7) is 2.14. The highest BCUT2D eigenvalue weighted by atomic mass is 16.5. The van der Waals surface area contributed by atoms with Gasteiger partial charge in [-0.2, -0.15) is 0 Å². The monoisotopic (exact) mass is 98.1 g/mol. The largest absolute Gasteiger partial charge is 0.372 e. The molecule has 1 unspecified atom stereocenters. The predicted octanol–water partition coefficient (Wildman–Crippen LogP) is 1.33. The summed E-state index contributed by atoms with van der Waals surface area (Å²) < 4.78 is 5.44. The number of hydrogen-bond donors (Lipinski definition) is 0. The summed E-state index contributed by atoms with van der Waals surface area (Å²) in [7, 11) is 0. The van der Waals surface area contributed by atoms with Crippen molar-refractivity contribution in [2.24, 2.45) is 0 Å². The summed E-state index contributed by atoms with van der Waals surface area (Å²) in [6, 6.07) is 0. The van der Waals surface area contributed by atoms with Gasteiger partial charge in [-0.05, 0) is 19.8 Å². The lowest BCUT2D eigenvalue weighted by atomic mass is 10.1. The summed E-state index contributed by atoms with van der Waals surface area (Å²) in [6.07, 6.45) is 4.56. The second kappa shape index (κ2) is 0.873. The molecule has 1 aliphatic heterocycles. The summed E-state index contributed by atoms with van der Waals surface area (Å²) >= 11 is 0. The molecule has 2 rings (SSSR count). The van der Waals surface area contributed by atoms with Gasteiger partial charge < -0.3 is 4.74 Å². The van der Waals surface area contributed by atoms with Gasteiger partial charge in [0.15, 0.2) is 0 Å². The van der Waals surface area contributed by atoms with Crippen molar-refractivity contribution in [3.63, 3.8) is 0 Å². The first-order valence-electron chi connectivity index (χ1n) is 2.99. The molecule has 0 aromatic carbocycles. The minimum atomic E-state index is 0.444. The van der Waals surface area contributed by atoms with Crippen LogP contribution in [0.3, 0.4) is 0 Å². The first-order chi connectivity index (χ1) is 3.31. The molecule has 40 valence electrons. The van der Waals surface area contributed by atoms with Crippen molar-refractivity contribution in [3.05, 3.63) is 0 Å². The molecule has 2 aliphatic rings. The average Bonchev–Trinajstić information content (AvgIpc) is 2.14. The van der Waals surface area contributed by atoms with E-state index in [4.69, 9.17) is 4.74 Å². The highest BCUT2D eigenvalue weighted by Crippen LogP contribution is 2.51. The van der Waals surface area contributed by atoms with Crippen LogP contribution in [0.1, 0.15) is 26.2 Å². The van der Waals surface area contributed by atoms with Crippen LogP contribution >= 0.6 is 0 Å². The van der Waals surface area contributed by atoms with E-state index in [2.05, 4.69) is 6.92 Å². The molecule has 1 heterocycles. The Balaban J connectivity index is 1.97. The quantitative estimate of drug-likeness (QED) is 0.444. The van der Waals surface area contributed by atoms with Crippen LogP contribution in [-0.4, -0.2) is 11.7 Å². The summed E-state index contributed by atoms with van der Waals surface area (Å²) in [5, 5.41) is 0. The fourth-order valence-electron chi connectivity index (χ4n) is 1.40. The van der Waals surface area contributed by atoms with E-state index < -0.39 is 0 Å². The molecule has 0 aromatic rings. The highest BCUT2D eigenvalue weighted by molar-refractivity contribution is 5.03. The molecule has 0 aromatic heterocycles. The maximum atomic E-state index is 5.44. The van der Waals surface area contributed by atoms with E-state index in [1.807, 2.05) is 0 Å². The minimum absolute atomic E-state index is 0.444. The van der Waals surface area contributed by atoms with Crippen LogP contribution < -0.4 is 0 Å². The normalized spacial score (nSPS) is 43.3. The van der Waals surface area contributed by atoms with Gasteiger partial charge >= 0.3 is 0 Å². The topological polar surface area (TPSA) is 9.23 Å². The number of hydrogen-bond acceptors (Lipinski definition) is 1. The smallest absolute Gasteiger partial charge is 0.0712 e. The number of rotatable bonds is 0. The molecule has 1 aliphatic carbocycles. The van der Waals surface area contributed by atoms with Gasteiger partial charge in [-0.15, -0.1) is 0 Å². The van der Waals surface area contributed by atoms with Crippen molar-refractivity contribution in [2.45, 2.75) is 37.9 Å². The molecule has 2 fully saturated rings. The van der Waals surface area contributed by atoms with Gasteiger partial charge in [-0.3, -0.25) is 0 Å². The molecule has 7 heavy (non-hydrogen) atoms. The van der Waals surface area contributed by atoms with Crippen LogP contribution in [0.5, 0.6) is 0 Å².